The second kappa shape index (κ2) is 12.2. The van der Waals surface area contributed by atoms with Gasteiger partial charge in [0.25, 0.3) is 5.22 Å². The highest BCUT2D eigenvalue weighted by Crippen LogP contribution is 2.24. The van der Waals surface area contributed by atoms with Crippen LogP contribution in [0, 0.1) is 0 Å². The largest absolute Gasteiger partial charge is 0.467 e. The second-order valence-electron chi connectivity index (χ2n) is 8.70. The minimum absolute atomic E-state index is 0.0251. The highest BCUT2D eigenvalue weighted by atomic mass is 32.2. The molecule has 11 heteroatoms. The fourth-order valence-electron chi connectivity index (χ4n) is 3.05. The Hall–Kier alpha value is -3.86. The van der Waals surface area contributed by atoms with E-state index in [1.165, 1.54) is 7.11 Å². The molecule has 3 rings (SSSR count). The summed E-state index contributed by atoms with van der Waals surface area (Å²) in [6, 6.07) is 15.3. The topological polar surface area (TPSA) is 133 Å². The number of thioether (sulfide) groups is 1. The first-order chi connectivity index (χ1) is 17.1. The van der Waals surface area contributed by atoms with Crippen LogP contribution in [-0.2, 0) is 25.5 Å². The van der Waals surface area contributed by atoms with Crippen LogP contribution >= 0.6 is 11.8 Å². The molecule has 2 N–H and O–H groups in total. The maximum absolute atomic E-state index is 12.5. The third kappa shape index (κ3) is 8.42. The van der Waals surface area contributed by atoms with E-state index in [1.54, 1.807) is 45.0 Å². The molecular formula is C25H28N4O6S. The summed E-state index contributed by atoms with van der Waals surface area (Å²) in [6.45, 7) is 5.35. The molecule has 0 radical (unpaired) electrons. The van der Waals surface area contributed by atoms with Gasteiger partial charge in [-0.25, -0.2) is 9.59 Å². The number of aromatic nitrogens is 2. The molecule has 2 aromatic carbocycles. The Morgan fingerprint density at radius 1 is 1.03 bits per heavy atom. The van der Waals surface area contributed by atoms with Crippen molar-refractivity contribution in [1.82, 2.24) is 15.5 Å². The van der Waals surface area contributed by atoms with E-state index in [0.717, 1.165) is 17.3 Å². The lowest BCUT2D eigenvalue weighted by Gasteiger charge is -2.19. The van der Waals surface area contributed by atoms with Crippen molar-refractivity contribution in [3.8, 4) is 11.5 Å². The molecule has 0 saturated carbocycles. The number of nitrogens with one attached hydrogen (secondary N) is 2. The lowest BCUT2D eigenvalue weighted by atomic mass is 10.1. The fraction of sp³-hybridized carbons (Fsp3) is 0.320. The van der Waals surface area contributed by atoms with Crippen molar-refractivity contribution in [3.63, 3.8) is 0 Å². The Morgan fingerprint density at radius 3 is 2.36 bits per heavy atom. The Labute approximate surface area is 213 Å². The van der Waals surface area contributed by atoms with Crippen molar-refractivity contribution in [2.24, 2.45) is 0 Å². The molecule has 1 aromatic heterocycles. The number of amides is 2. The monoisotopic (exact) mass is 512 g/mol. The van der Waals surface area contributed by atoms with Gasteiger partial charge in [0, 0.05) is 17.7 Å². The van der Waals surface area contributed by atoms with E-state index in [-0.39, 0.29) is 22.8 Å². The Balaban J connectivity index is 1.53. The number of rotatable bonds is 9. The first-order valence-corrected chi connectivity index (χ1v) is 12.1. The fourth-order valence-corrected chi connectivity index (χ4v) is 3.63. The van der Waals surface area contributed by atoms with Crippen molar-refractivity contribution < 1.29 is 28.3 Å². The number of hydrogen-bond acceptors (Lipinski definition) is 9. The molecule has 1 heterocycles. The van der Waals surface area contributed by atoms with Gasteiger partial charge in [-0.3, -0.25) is 10.1 Å². The Morgan fingerprint density at radius 2 is 1.72 bits per heavy atom. The standard InChI is InChI=1S/C25H28N4O6S/c1-25(2,3)35-23(32)26-18-12-10-17(11-13-18)21-28-29-24(34-21)36-15-20(30)27-19(22(31)33-4)14-16-8-6-5-7-9-16/h5-13,19H,14-15H2,1-4H3,(H,26,32)(H,27,30)/t19-/m0/s1. The summed E-state index contributed by atoms with van der Waals surface area (Å²) in [5.41, 5.74) is 1.49. The first kappa shape index (κ1) is 26.7. The molecule has 0 saturated heterocycles. The summed E-state index contributed by atoms with van der Waals surface area (Å²) in [7, 11) is 1.28. The number of carbonyl (C=O) groups is 3. The molecule has 2 amide bonds. The lowest BCUT2D eigenvalue weighted by molar-refractivity contribution is -0.144. The third-order valence-corrected chi connectivity index (χ3v) is 5.43. The maximum Gasteiger partial charge on any atom is 0.412 e. The van der Waals surface area contributed by atoms with Gasteiger partial charge in [-0.1, -0.05) is 42.1 Å². The molecule has 1 atom stereocenters. The average molecular weight is 513 g/mol. The summed E-state index contributed by atoms with van der Waals surface area (Å²) >= 11 is 1.05. The number of esters is 1. The van der Waals surface area contributed by atoms with E-state index < -0.39 is 23.7 Å². The maximum atomic E-state index is 12.5. The smallest absolute Gasteiger partial charge is 0.412 e. The van der Waals surface area contributed by atoms with Crippen LogP contribution in [0.2, 0.25) is 0 Å². The van der Waals surface area contributed by atoms with E-state index in [1.807, 2.05) is 30.3 Å². The summed E-state index contributed by atoms with van der Waals surface area (Å²) in [5, 5.41) is 13.5. The second-order valence-corrected chi connectivity index (χ2v) is 9.63. The number of methoxy groups -OCH3 is 1. The van der Waals surface area contributed by atoms with Crippen molar-refractivity contribution >= 4 is 35.4 Å². The number of nitrogens with zero attached hydrogens (tertiary/aromatic N) is 2. The zero-order chi connectivity index (χ0) is 26.1. The van der Waals surface area contributed by atoms with E-state index in [0.29, 0.717) is 17.7 Å². The first-order valence-electron chi connectivity index (χ1n) is 11.1. The zero-order valence-corrected chi connectivity index (χ0v) is 21.3. The van der Waals surface area contributed by atoms with Crippen LogP contribution in [-0.4, -0.2) is 52.7 Å². The van der Waals surface area contributed by atoms with E-state index >= 15 is 0 Å². The van der Waals surface area contributed by atoms with Gasteiger partial charge in [0.1, 0.15) is 11.6 Å². The lowest BCUT2D eigenvalue weighted by Crippen LogP contribution is -2.43. The molecule has 3 aromatic rings. The van der Waals surface area contributed by atoms with Crippen LogP contribution in [0.4, 0.5) is 10.5 Å². The van der Waals surface area contributed by atoms with Crippen LogP contribution in [0.25, 0.3) is 11.5 Å². The molecule has 10 nitrogen and oxygen atoms in total. The molecule has 190 valence electrons. The molecule has 0 aliphatic rings. The normalized spacial score (nSPS) is 11.9. The Bertz CT molecular complexity index is 1180. The van der Waals surface area contributed by atoms with Gasteiger partial charge in [0.2, 0.25) is 11.8 Å². The molecule has 0 aliphatic carbocycles. The van der Waals surface area contributed by atoms with E-state index in [2.05, 4.69) is 20.8 Å². The van der Waals surface area contributed by atoms with Crippen LogP contribution in [0.15, 0.2) is 64.2 Å². The van der Waals surface area contributed by atoms with Crippen molar-refractivity contribution in [1.29, 1.82) is 0 Å². The van der Waals surface area contributed by atoms with Gasteiger partial charge in [0.05, 0.1) is 12.9 Å². The average Bonchev–Trinajstić information content (AvgIpc) is 3.31. The number of carbonyl (C=O) groups excluding carboxylic acids is 3. The predicted octanol–water partition coefficient (Wildman–Crippen LogP) is 4.08. The zero-order valence-electron chi connectivity index (χ0n) is 20.4. The number of ether oxygens (including phenoxy) is 2. The molecule has 0 spiro atoms. The number of benzene rings is 2. The number of hydrogen-bond donors (Lipinski definition) is 2. The molecule has 0 fully saturated rings. The van der Waals surface area contributed by atoms with E-state index in [4.69, 9.17) is 13.9 Å². The van der Waals surface area contributed by atoms with Gasteiger partial charge in [0.15, 0.2) is 0 Å². The quantitative estimate of drug-likeness (QED) is 0.321. The van der Waals surface area contributed by atoms with Crippen LogP contribution in [0.5, 0.6) is 0 Å². The van der Waals surface area contributed by atoms with Crippen LogP contribution in [0.3, 0.4) is 0 Å². The highest BCUT2D eigenvalue weighted by Gasteiger charge is 2.22. The van der Waals surface area contributed by atoms with Gasteiger partial charge >= 0.3 is 12.1 Å². The van der Waals surface area contributed by atoms with Crippen LogP contribution in [0.1, 0.15) is 26.3 Å². The van der Waals surface area contributed by atoms with Crippen LogP contribution < -0.4 is 10.6 Å². The van der Waals surface area contributed by atoms with Crippen molar-refractivity contribution in [3.05, 3.63) is 60.2 Å². The molecule has 0 bridgehead atoms. The van der Waals surface area contributed by atoms with Crippen molar-refractivity contribution in [2.75, 3.05) is 18.2 Å². The minimum Gasteiger partial charge on any atom is -0.467 e. The Kier molecular flexibility index (Phi) is 9.07. The molecule has 0 aliphatic heterocycles. The highest BCUT2D eigenvalue weighted by molar-refractivity contribution is 7.99. The SMILES string of the molecule is COC(=O)[C@H](Cc1ccccc1)NC(=O)CSc1nnc(-c2ccc(NC(=O)OC(C)(C)C)cc2)o1. The third-order valence-electron chi connectivity index (χ3n) is 4.61. The van der Waals surface area contributed by atoms with Gasteiger partial charge in [-0.05, 0) is 50.6 Å². The molecular weight excluding hydrogens is 484 g/mol. The van der Waals surface area contributed by atoms with Gasteiger partial charge in [-0.15, -0.1) is 10.2 Å². The summed E-state index contributed by atoms with van der Waals surface area (Å²) < 4.78 is 15.7. The minimum atomic E-state index is -0.809. The molecule has 0 unspecified atom stereocenters. The van der Waals surface area contributed by atoms with Gasteiger partial charge < -0.3 is 19.2 Å². The summed E-state index contributed by atoms with van der Waals surface area (Å²) in [4.78, 5) is 36.5. The van der Waals surface area contributed by atoms with E-state index in [9.17, 15) is 14.4 Å². The number of anilines is 1. The summed E-state index contributed by atoms with van der Waals surface area (Å²) in [5.74, 6) is -0.661. The summed E-state index contributed by atoms with van der Waals surface area (Å²) in [6.07, 6.45) is -0.240. The molecule has 36 heavy (non-hydrogen) atoms. The predicted molar refractivity (Wildman–Crippen MR) is 134 cm³/mol. The van der Waals surface area contributed by atoms with Crippen molar-refractivity contribution in [2.45, 2.75) is 44.1 Å². The van der Waals surface area contributed by atoms with Gasteiger partial charge in [-0.2, -0.15) is 0 Å².